The highest BCUT2D eigenvalue weighted by Gasteiger charge is 2.38. The Bertz CT molecular complexity index is 1120. The smallest absolute Gasteiger partial charge is 0.340 e. The molecule has 2 aliphatic heterocycles. The van der Waals surface area contributed by atoms with E-state index in [4.69, 9.17) is 9.47 Å². The normalized spacial score (nSPS) is 20.0. The molecule has 0 bridgehead atoms. The molecule has 1 atom stereocenters. The van der Waals surface area contributed by atoms with E-state index in [1.807, 2.05) is 26.0 Å². The van der Waals surface area contributed by atoms with E-state index >= 15 is 0 Å². The molecule has 1 fully saturated rings. The number of aromatic nitrogens is 1. The first-order valence-corrected chi connectivity index (χ1v) is 11.0. The van der Waals surface area contributed by atoms with Gasteiger partial charge in [-0.25, -0.2) is 4.79 Å². The number of hydrogen-bond acceptors (Lipinski definition) is 4. The quantitative estimate of drug-likeness (QED) is 0.521. The third-order valence-electron chi connectivity index (χ3n) is 6.37. The van der Waals surface area contributed by atoms with Crippen LogP contribution in [0, 0.1) is 20.8 Å². The number of rotatable bonds is 5. The Labute approximate surface area is 189 Å². The van der Waals surface area contributed by atoms with Gasteiger partial charge in [-0.1, -0.05) is 17.7 Å². The van der Waals surface area contributed by atoms with Crippen molar-refractivity contribution in [2.75, 3.05) is 20.3 Å². The molecule has 0 spiro atoms. The van der Waals surface area contributed by atoms with Crippen LogP contribution in [0.25, 0.3) is 11.8 Å². The molecule has 0 aliphatic carbocycles. The summed E-state index contributed by atoms with van der Waals surface area (Å²) >= 11 is 0. The molecular formula is C26H30N2O4. The highest BCUT2D eigenvalue weighted by Crippen LogP contribution is 2.34. The number of nitrogens with zero attached hydrogens (tertiary/aromatic N) is 2. The average molecular weight is 435 g/mol. The Morgan fingerprint density at radius 3 is 2.53 bits per heavy atom. The Balaban J connectivity index is 1.75. The van der Waals surface area contributed by atoms with Crippen LogP contribution in [0.4, 0.5) is 0 Å². The minimum Gasteiger partial charge on any atom is -0.465 e. The predicted octanol–water partition coefficient (Wildman–Crippen LogP) is 4.25. The molecule has 0 radical (unpaired) electrons. The molecule has 0 N–H and O–H groups in total. The van der Waals surface area contributed by atoms with E-state index in [0.717, 1.165) is 35.5 Å². The first-order valence-electron chi connectivity index (χ1n) is 11.0. The summed E-state index contributed by atoms with van der Waals surface area (Å²) in [6, 6.07) is 10.4. The third-order valence-corrected chi connectivity index (χ3v) is 6.37. The number of amides is 1. The van der Waals surface area contributed by atoms with E-state index in [2.05, 4.69) is 35.8 Å². The lowest BCUT2D eigenvalue weighted by Gasteiger charge is -2.21. The molecule has 4 rings (SSSR count). The van der Waals surface area contributed by atoms with E-state index in [1.165, 1.54) is 12.7 Å². The van der Waals surface area contributed by atoms with Crippen LogP contribution < -0.4 is 0 Å². The molecule has 1 saturated heterocycles. The molecule has 32 heavy (non-hydrogen) atoms. The van der Waals surface area contributed by atoms with Gasteiger partial charge in [-0.2, -0.15) is 0 Å². The van der Waals surface area contributed by atoms with Gasteiger partial charge in [0.25, 0.3) is 5.91 Å². The second kappa shape index (κ2) is 8.79. The zero-order valence-corrected chi connectivity index (χ0v) is 19.4. The van der Waals surface area contributed by atoms with Gasteiger partial charge in [0, 0.05) is 29.4 Å². The van der Waals surface area contributed by atoms with Gasteiger partial charge in [0.2, 0.25) is 0 Å². The molecule has 3 heterocycles. The molecule has 2 aromatic rings. The van der Waals surface area contributed by atoms with Crippen molar-refractivity contribution < 1.29 is 19.1 Å². The van der Waals surface area contributed by atoms with Gasteiger partial charge in [-0.05, 0) is 70.4 Å². The van der Waals surface area contributed by atoms with Crippen LogP contribution >= 0.6 is 0 Å². The lowest BCUT2D eigenvalue weighted by molar-refractivity contribution is -0.136. The van der Waals surface area contributed by atoms with Crippen LogP contribution in [-0.2, 0) is 19.1 Å². The molecule has 1 aromatic carbocycles. The number of allylic oxidation sites excluding steroid dienone is 1. The number of carbonyl (C=O) groups excluding carboxylic acids is 2. The minimum absolute atomic E-state index is 0.00116. The number of methoxy groups -OCH3 is 1. The van der Waals surface area contributed by atoms with Crippen LogP contribution in [0.1, 0.15) is 42.3 Å². The summed E-state index contributed by atoms with van der Waals surface area (Å²) in [4.78, 5) is 27.7. The van der Waals surface area contributed by atoms with E-state index in [-0.39, 0.29) is 12.0 Å². The maximum absolute atomic E-state index is 13.4. The number of aryl methyl sites for hydroxylation is 2. The zero-order chi connectivity index (χ0) is 23.0. The standard InChI is InChI=1S/C26H30N2O4/c1-16-8-10-21(11-9-16)28-17(2)13-20(18(28)3)14-23-24(26(30)31-5)19(4)27(25(23)29)15-22-7-6-12-32-22/h8-11,13-14,22H,6-7,12,15H2,1-5H3/b23-14-/t22-/m0/s1. The molecule has 1 aromatic heterocycles. The predicted molar refractivity (Wildman–Crippen MR) is 123 cm³/mol. The topological polar surface area (TPSA) is 60.8 Å². The van der Waals surface area contributed by atoms with E-state index in [0.29, 0.717) is 30.0 Å². The summed E-state index contributed by atoms with van der Waals surface area (Å²) in [5.74, 6) is -0.678. The van der Waals surface area contributed by atoms with Crippen molar-refractivity contribution >= 4 is 18.0 Å². The fourth-order valence-corrected chi connectivity index (χ4v) is 4.62. The molecule has 168 valence electrons. The van der Waals surface area contributed by atoms with Crippen LogP contribution in [0.15, 0.2) is 47.2 Å². The molecule has 6 nitrogen and oxygen atoms in total. The maximum Gasteiger partial charge on any atom is 0.340 e. The Kier molecular flexibility index (Phi) is 6.07. The zero-order valence-electron chi connectivity index (χ0n) is 19.4. The van der Waals surface area contributed by atoms with E-state index < -0.39 is 5.97 Å². The SMILES string of the molecule is COC(=O)C1=C(C)N(C[C@@H]2CCCO2)C(=O)/C1=C\c1cc(C)n(-c2ccc(C)cc2)c1C. The monoisotopic (exact) mass is 434 g/mol. The van der Waals surface area contributed by atoms with E-state index in [1.54, 1.807) is 11.8 Å². The number of benzene rings is 1. The van der Waals surface area contributed by atoms with Gasteiger partial charge in [0.1, 0.15) is 0 Å². The summed E-state index contributed by atoms with van der Waals surface area (Å²) in [5, 5.41) is 0. The van der Waals surface area contributed by atoms with Gasteiger partial charge in [0.15, 0.2) is 0 Å². The van der Waals surface area contributed by atoms with Gasteiger partial charge in [0.05, 0.1) is 30.9 Å². The summed E-state index contributed by atoms with van der Waals surface area (Å²) in [7, 11) is 1.34. The minimum atomic E-state index is -0.496. The van der Waals surface area contributed by atoms with Crippen LogP contribution in [0.2, 0.25) is 0 Å². The fraction of sp³-hybridized carbons (Fsp3) is 0.385. The third kappa shape index (κ3) is 3.91. The van der Waals surface area contributed by atoms with Crippen LogP contribution in [0.3, 0.4) is 0 Å². The number of hydrogen-bond donors (Lipinski definition) is 0. The molecule has 0 unspecified atom stereocenters. The fourth-order valence-electron chi connectivity index (χ4n) is 4.62. The number of ether oxygens (including phenoxy) is 2. The van der Waals surface area contributed by atoms with Crippen molar-refractivity contribution in [2.24, 2.45) is 0 Å². The summed E-state index contributed by atoms with van der Waals surface area (Å²) in [6.45, 7) is 9.09. The van der Waals surface area contributed by atoms with Crippen molar-refractivity contribution in [3.63, 3.8) is 0 Å². The molecule has 2 aliphatic rings. The van der Waals surface area contributed by atoms with Crippen molar-refractivity contribution in [1.82, 2.24) is 9.47 Å². The first kappa shape index (κ1) is 22.1. The van der Waals surface area contributed by atoms with Crippen molar-refractivity contribution in [1.29, 1.82) is 0 Å². The second-order valence-corrected chi connectivity index (χ2v) is 8.56. The number of esters is 1. The van der Waals surface area contributed by atoms with E-state index in [9.17, 15) is 9.59 Å². The van der Waals surface area contributed by atoms with Crippen molar-refractivity contribution in [3.05, 3.63) is 69.7 Å². The van der Waals surface area contributed by atoms with Crippen LogP contribution in [0.5, 0.6) is 0 Å². The molecule has 6 heteroatoms. The molecule has 1 amide bonds. The lowest BCUT2D eigenvalue weighted by Crippen LogP contribution is -2.33. The average Bonchev–Trinajstić information content (AvgIpc) is 3.44. The number of carbonyl (C=O) groups is 2. The maximum atomic E-state index is 13.4. The van der Waals surface area contributed by atoms with Crippen molar-refractivity contribution in [3.8, 4) is 5.69 Å². The van der Waals surface area contributed by atoms with Gasteiger partial charge in [-0.15, -0.1) is 0 Å². The first-order chi connectivity index (χ1) is 15.3. The summed E-state index contributed by atoms with van der Waals surface area (Å²) in [5.41, 5.74) is 6.55. The van der Waals surface area contributed by atoms with Gasteiger partial charge < -0.3 is 18.9 Å². The molecule has 0 saturated carbocycles. The Morgan fingerprint density at radius 2 is 1.91 bits per heavy atom. The highest BCUT2D eigenvalue weighted by molar-refractivity contribution is 6.16. The van der Waals surface area contributed by atoms with Gasteiger partial charge >= 0.3 is 5.97 Å². The lowest BCUT2D eigenvalue weighted by atomic mass is 10.0. The Hall–Kier alpha value is -3.12. The summed E-state index contributed by atoms with van der Waals surface area (Å²) in [6.07, 6.45) is 3.73. The van der Waals surface area contributed by atoms with Crippen molar-refractivity contribution in [2.45, 2.75) is 46.6 Å². The van der Waals surface area contributed by atoms with Gasteiger partial charge in [-0.3, -0.25) is 4.79 Å². The van der Waals surface area contributed by atoms with Crippen LogP contribution in [-0.4, -0.2) is 47.7 Å². The summed E-state index contributed by atoms with van der Waals surface area (Å²) < 4.78 is 12.9. The Morgan fingerprint density at radius 1 is 1.19 bits per heavy atom. The molecular weight excluding hydrogens is 404 g/mol. The second-order valence-electron chi connectivity index (χ2n) is 8.56. The largest absolute Gasteiger partial charge is 0.465 e. The highest BCUT2D eigenvalue weighted by atomic mass is 16.5.